The van der Waals surface area contributed by atoms with Crippen LogP contribution in [0.15, 0.2) is 12.7 Å². The zero-order valence-electron chi connectivity index (χ0n) is 14.5. The largest absolute Gasteiger partial charge is 0.386 e. The summed E-state index contributed by atoms with van der Waals surface area (Å²) in [7, 11) is 0. The Labute approximate surface area is 127 Å². The molecule has 0 aromatic heterocycles. The van der Waals surface area contributed by atoms with Crippen LogP contribution in [-0.2, 0) is 0 Å². The highest BCUT2D eigenvalue weighted by molar-refractivity contribution is 4.91. The van der Waals surface area contributed by atoms with Gasteiger partial charge >= 0.3 is 0 Å². The van der Waals surface area contributed by atoms with Crippen molar-refractivity contribution in [3.63, 3.8) is 0 Å². The monoisotopic (exact) mass is 282 g/mol. The van der Waals surface area contributed by atoms with Gasteiger partial charge in [-0.15, -0.1) is 6.58 Å². The van der Waals surface area contributed by atoms with Crippen molar-refractivity contribution < 1.29 is 5.11 Å². The molecule has 0 saturated heterocycles. The van der Waals surface area contributed by atoms with Crippen LogP contribution in [0.4, 0.5) is 0 Å². The maximum absolute atomic E-state index is 9.87. The van der Waals surface area contributed by atoms with Crippen molar-refractivity contribution in [2.24, 2.45) is 11.8 Å². The third kappa shape index (κ3) is 11.5. The molecule has 0 aromatic carbocycles. The van der Waals surface area contributed by atoms with Gasteiger partial charge in [-0.1, -0.05) is 84.6 Å². The normalized spacial score (nSPS) is 17.4. The first-order valence-electron chi connectivity index (χ1n) is 8.77. The number of hydrogen-bond donors (Lipinski definition) is 1. The van der Waals surface area contributed by atoms with Gasteiger partial charge < -0.3 is 5.11 Å². The van der Waals surface area contributed by atoms with Crippen LogP contribution in [0, 0.1) is 11.8 Å². The van der Waals surface area contributed by atoms with E-state index in [9.17, 15) is 5.11 Å². The van der Waals surface area contributed by atoms with Gasteiger partial charge in [0.1, 0.15) is 0 Å². The fourth-order valence-corrected chi connectivity index (χ4v) is 2.76. The molecule has 120 valence electrons. The fourth-order valence-electron chi connectivity index (χ4n) is 2.76. The zero-order valence-corrected chi connectivity index (χ0v) is 14.5. The quantitative estimate of drug-likeness (QED) is 0.319. The van der Waals surface area contributed by atoms with Crippen LogP contribution >= 0.6 is 0 Å². The maximum atomic E-state index is 9.87. The van der Waals surface area contributed by atoms with Crippen molar-refractivity contribution in [3.05, 3.63) is 12.7 Å². The van der Waals surface area contributed by atoms with Crippen LogP contribution in [0.1, 0.15) is 91.9 Å². The van der Waals surface area contributed by atoms with Gasteiger partial charge in [-0.05, 0) is 25.2 Å². The first-order valence-corrected chi connectivity index (χ1v) is 8.77. The molecular formula is C19H38O. The molecule has 0 rings (SSSR count). The summed E-state index contributed by atoms with van der Waals surface area (Å²) in [5.74, 6) is 1.69. The minimum Gasteiger partial charge on any atom is -0.386 e. The Morgan fingerprint density at radius 2 is 1.45 bits per heavy atom. The van der Waals surface area contributed by atoms with Gasteiger partial charge in [0.2, 0.25) is 0 Å². The van der Waals surface area contributed by atoms with E-state index in [4.69, 9.17) is 0 Å². The summed E-state index contributed by atoms with van der Waals surface area (Å²) in [4.78, 5) is 0. The predicted octanol–water partition coefficient (Wildman–Crippen LogP) is 6.12. The van der Waals surface area contributed by atoms with Crippen molar-refractivity contribution in [1.82, 2.24) is 0 Å². The standard InChI is InChI=1S/C19H38O/c1-6-8-9-12-17(3)13-10-14-18(4)15-11-16-19(5,20)7-2/h7,17-18,20H,2,6,8-16H2,1,3-5H3. The highest BCUT2D eigenvalue weighted by Gasteiger charge is 2.15. The SMILES string of the molecule is C=CC(C)(O)CCCC(C)CCCC(C)CCCCC. The van der Waals surface area contributed by atoms with Crippen LogP contribution in [-0.4, -0.2) is 10.7 Å². The molecule has 0 aliphatic rings. The van der Waals surface area contributed by atoms with Crippen molar-refractivity contribution in [3.8, 4) is 0 Å². The molecule has 0 amide bonds. The third-order valence-electron chi connectivity index (χ3n) is 4.51. The van der Waals surface area contributed by atoms with E-state index in [0.717, 1.165) is 24.7 Å². The molecule has 1 heteroatoms. The maximum Gasteiger partial charge on any atom is 0.0797 e. The van der Waals surface area contributed by atoms with Crippen LogP contribution in [0.5, 0.6) is 0 Å². The van der Waals surface area contributed by atoms with E-state index >= 15 is 0 Å². The molecule has 0 aliphatic heterocycles. The summed E-state index contributed by atoms with van der Waals surface area (Å²) < 4.78 is 0. The van der Waals surface area contributed by atoms with Crippen LogP contribution in [0.25, 0.3) is 0 Å². The van der Waals surface area contributed by atoms with E-state index < -0.39 is 5.60 Å². The van der Waals surface area contributed by atoms with Crippen molar-refractivity contribution >= 4 is 0 Å². The van der Waals surface area contributed by atoms with Crippen LogP contribution in [0.2, 0.25) is 0 Å². The molecular weight excluding hydrogens is 244 g/mol. The van der Waals surface area contributed by atoms with Gasteiger partial charge in [0.25, 0.3) is 0 Å². The van der Waals surface area contributed by atoms with E-state index in [1.54, 1.807) is 6.08 Å². The van der Waals surface area contributed by atoms with Crippen LogP contribution < -0.4 is 0 Å². The van der Waals surface area contributed by atoms with E-state index in [0.29, 0.717) is 0 Å². The molecule has 0 aliphatic carbocycles. The second-order valence-electron chi connectivity index (χ2n) is 7.09. The Bertz CT molecular complexity index is 232. The van der Waals surface area contributed by atoms with Gasteiger partial charge in [-0.3, -0.25) is 0 Å². The number of unbranched alkanes of at least 4 members (excludes halogenated alkanes) is 2. The Balaban J connectivity index is 3.53. The molecule has 0 radical (unpaired) electrons. The number of rotatable bonds is 13. The molecule has 0 heterocycles. The minimum absolute atomic E-state index is 0.673. The summed E-state index contributed by atoms with van der Waals surface area (Å²) in [6.45, 7) is 12.6. The second-order valence-corrected chi connectivity index (χ2v) is 7.09. The summed E-state index contributed by atoms with van der Waals surface area (Å²) in [6.07, 6.45) is 14.5. The average molecular weight is 283 g/mol. The molecule has 20 heavy (non-hydrogen) atoms. The highest BCUT2D eigenvalue weighted by Crippen LogP contribution is 2.22. The first kappa shape index (κ1) is 19.7. The van der Waals surface area contributed by atoms with E-state index in [1.807, 2.05) is 6.92 Å². The first-order chi connectivity index (χ1) is 9.41. The van der Waals surface area contributed by atoms with Gasteiger partial charge in [0, 0.05) is 0 Å². The summed E-state index contributed by atoms with van der Waals surface area (Å²) in [5, 5.41) is 9.87. The lowest BCUT2D eigenvalue weighted by Crippen LogP contribution is -2.20. The van der Waals surface area contributed by atoms with Crippen LogP contribution in [0.3, 0.4) is 0 Å². The number of aliphatic hydroxyl groups is 1. The van der Waals surface area contributed by atoms with Gasteiger partial charge in [0.15, 0.2) is 0 Å². The average Bonchev–Trinajstić information content (AvgIpc) is 2.39. The molecule has 3 atom stereocenters. The Morgan fingerprint density at radius 3 is 1.95 bits per heavy atom. The van der Waals surface area contributed by atoms with E-state index in [-0.39, 0.29) is 0 Å². The molecule has 0 fully saturated rings. The van der Waals surface area contributed by atoms with Gasteiger partial charge in [-0.25, -0.2) is 0 Å². The molecule has 0 spiro atoms. The number of hydrogen-bond acceptors (Lipinski definition) is 1. The molecule has 1 N–H and O–H groups in total. The topological polar surface area (TPSA) is 20.2 Å². The Kier molecular flexibility index (Phi) is 11.2. The Hall–Kier alpha value is -0.300. The zero-order chi connectivity index (χ0) is 15.4. The fraction of sp³-hybridized carbons (Fsp3) is 0.895. The molecule has 1 nitrogen and oxygen atoms in total. The second kappa shape index (κ2) is 11.4. The third-order valence-corrected chi connectivity index (χ3v) is 4.51. The van der Waals surface area contributed by atoms with E-state index in [2.05, 4.69) is 27.4 Å². The lowest BCUT2D eigenvalue weighted by molar-refractivity contribution is 0.0974. The summed E-state index contributed by atoms with van der Waals surface area (Å²) in [5.41, 5.74) is -0.673. The highest BCUT2D eigenvalue weighted by atomic mass is 16.3. The smallest absolute Gasteiger partial charge is 0.0797 e. The lowest BCUT2D eigenvalue weighted by Gasteiger charge is -2.19. The molecule has 0 saturated carbocycles. The predicted molar refractivity (Wildman–Crippen MR) is 91.0 cm³/mol. The van der Waals surface area contributed by atoms with Gasteiger partial charge in [-0.2, -0.15) is 0 Å². The van der Waals surface area contributed by atoms with Crippen molar-refractivity contribution in [2.75, 3.05) is 0 Å². The summed E-state index contributed by atoms with van der Waals surface area (Å²) >= 11 is 0. The van der Waals surface area contributed by atoms with Crippen molar-refractivity contribution in [2.45, 2.75) is 97.5 Å². The summed E-state index contributed by atoms with van der Waals surface area (Å²) in [6, 6.07) is 0. The Morgan fingerprint density at radius 1 is 0.950 bits per heavy atom. The van der Waals surface area contributed by atoms with Gasteiger partial charge in [0.05, 0.1) is 5.60 Å². The molecule has 0 bridgehead atoms. The minimum atomic E-state index is -0.673. The lowest BCUT2D eigenvalue weighted by atomic mass is 9.91. The van der Waals surface area contributed by atoms with E-state index in [1.165, 1.54) is 51.4 Å². The molecule has 3 unspecified atom stereocenters. The van der Waals surface area contributed by atoms with Crippen molar-refractivity contribution in [1.29, 1.82) is 0 Å². The molecule has 0 aromatic rings.